The Hall–Kier alpha value is -3.47. The summed E-state index contributed by atoms with van der Waals surface area (Å²) in [5, 5.41) is 25.5. The minimum Gasteiger partial charge on any atom is -0.508 e. The van der Waals surface area contributed by atoms with Crippen LogP contribution in [0.1, 0.15) is 27.1 Å². The smallest absolute Gasteiger partial charge is 0.271 e. The molecule has 0 radical (unpaired) electrons. The monoisotopic (exact) mass is 421 g/mol. The third-order valence-electron chi connectivity index (χ3n) is 3.83. The van der Waals surface area contributed by atoms with E-state index in [1.54, 1.807) is 6.07 Å². The number of phenolic OH excluding ortho intramolecular Hbond substituents is 1. The number of aromatic hydroxyl groups is 1. The van der Waals surface area contributed by atoms with Gasteiger partial charge in [0.2, 0.25) is 0 Å². The second-order valence-corrected chi connectivity index (χ2v) is 8.18. The van der Waals surface area contributed by atoms with E-state index in [9.17, 15) is 33.2 Å². The van der Waals surface area contributed by atoms with E-state index in [-0.39, 0.29) is 35.2 Å². The summed E-state index contributed by atoms with van der Waals surface area (Å²) in [4.78, 5) is 34.0. The molecule has 0 saturated carbocycles. The third-order valence-corrected chi connectivity index (χ3v) is 4.92. The second kappa shape index (κ2) is 9.15. The van der Waals surface area contributed by atoms with E-state index in [1.807, 2.05) is 0 Å². The lowest BCUT2D eigenvalue weighted by molar-refractivity contribution is -0.385. The molecule has 29 heavy (non-hydrogen) atoms. The molecule has 0 heterocycles. The maximum absolute atomic E-state index is 12.2. The van der Waals surface area contributed by atoms with Gasteiger partial charge in [-0.1, -0.05) is 6.07 Å². The summed E-state index contributed by atoms with van der Waals surface area (Å²) in [6.07, 6.45) is 1.26. The summed E-state index contributed by atoms with van der Waals surface area (Å²) in [5.74, 6) is -1.09. The van der Waals surface area contributed by atoms with Crippen molar-refractivity contribution in [2.45, 2.75) is 11.3 Å². The highest BCUT2D eigenvalue weighted by atomic mass is 32.2. The van der Waals surface area contributed by atoms with E-state index in [0.29, 0.717) is 12.0 Å². The van der Waals surface area contributed by atoms with Crippen LogP contribution in [0.25, 0.3) is 0 Å². The van der Waals surface area contributed by atoms with Crippen molar-refractivity contribution in [2.75, 3.05) is 19.3 Å². The number of sulfone groups is 1. The summed E-state index contributed by atoms with van der Waals surface area (Å²) < 4.78 is 23.3. The van der Waals surface area contributed by atoms with Crippen LogP contribution in [0.3, 0.4) is 0 Å². The molecule has 0 aliphatic carbocycles. The van der Waals surface area contributed by atoms with Gasteiger partial charge in [-0.2, -0.15) is 0 Å². The fourth-order valence-corrected chi connectivity index (χ4v) is 3.05. The SMILES string of the molecule is CS(=O)(=O)c1cc(C(=O)NCCCNC(=O)c2cccc(O)c2)cc([N+](=O)[O-])c1. The van der Waals surface area contributed by atoms with Gasteiger partial charge >= 0.3 is 0 Å². The van der Waals surface area contributed by atoms with Crippen LogP contribution >= 0.6 is 0 Å². The molecular weight excluding hydrogens is 402 g/mol. The molecule has 2 amide bonds. The van der Waals surface area contributed by atoms with Gasteiger partial charge in [0.1, 0.15) is 5.75 Å². The molecule has 10 nitrogen and oxygen atoms in total. The number of amides is 2. The Kier molecular flexibility index (Phi) is 6.89. The highest BCUT2D eigenvalue weighted by Gasteiger charge is 2.19. The summed E-state index contributed by atoms with van der Waals surface area (Å²) in [6.45, 7) is 0.383. The van der Waals surface area contributed by atoms with Crippen LogP contribution in [-0.4, -0.2) is 49.6 Å². The standard InChI is InChI=1S/C18H19N3O7S/c1-29(27,28)16-10-13(8-14(11-16)21(25)26)18(24)20-7-3-6-19-17(23)12-4-2-5-15(22)9-12/h2,4-5,8-11,22H,3,6-7H2,1H3,(H,19,23)(H,20,24). The molecule has 2 aromatic carbocycles. The van der Waals surface area contributed by atoms with Crippen molar-refractivity contribution in [3.05, 3.63) is 63.7 Å². The maximum Gasteiger partial charge on any atom is 0.271 e. The third kappa shape index (κ3) is 6.28. The van der Waals surface area contributed by atoms with E-state index in [2.05, 4.69) is 10.6 Å². The lowest BCUT2D eigenvalue weighted by Crippen LogP contribution is -2.30. The number of nitro benzene ring substituents is 1. The van der Waals surface area contributed by atoms with Gasteiger partial charge in [0, 0.05) is 42.6 Å². The van der Waals surface area contributed by atoms with Crippen LogP contribution in [0.5, 0.6) is 5.75 Å². The Labute approximate surface area is 166 Å². The van der Waals surface area contributed by atoms with Crippen molar-refractivity contribution in [1.29, 1.82) is 0 Å². The fraction of sp³-hybridized carbons (Fsp3) is 0.222. The number of phenols is 1. The number of rotatable bonds is 8. The van der Waals surface area contributed by atoms with Crippen molar-refractivity contribution in [2.24, 2.45) is 0 Å². The summed E-state index contributed by atoms with van der Waals surface area (Å²) >= 11 is 0. The molecule has 0 aromatic heterocycles. The van der Waals surface area contributed by atoms with E-state index < -0.39 is 26.4 Å². The molecule has 3 N–H and O–H groups in total. The zero-order valence-electron chi connectivity index (χ0n) is 15.4. The first-order valence-electron chi connectivity index (χ1n) is 8.43. The zero-order valence-corrected chi connectivity index (χ0v) is 16.2. The highest BCUT2D eigenvalue weighted by molar-refractivity contribution is 7.90. The van der Waals surface area contributed by atoms with Crippen molar-refractivity contribution in [1.82, 2.24) is 10.6 Å². The van der Waals surface area contributed by atoms with Crippen molar-refractivity contribution in [3.63, 3.8) is 0 Å². The molecular formula is C18H19N3O7S. The largest absolute Gasteiger partial charge is 0.508 e. The summed E-state index contributed by atoms with van der Waals surface area (Å²) in [5.41, 5.74) is -0.362. The first-order valence-corrected chi connectivity index (χ1v) is 10.3. The highest BCUT2D eigenvalue weighted by Crippen LogP contribution is 2.21. The number of carbonyl (C=O) groups excluding carboxylic acids is 2. The number of hydrogen-bond acceptors (Lipinski definition) is 7. The maximum atomic E-state index is 12.2. The number of non-ortho nitro benzene ring substituents is 1. The van der Waals surface area contributed by atoms with Crippen molar-refractivity contribution < 1.29 is 28.0 Å². The Morgan fingerprint density at radius 2 is 1.66 bits per heavy atom. The Morgan fingerprint density at radius 3 is 2.21 bits per heavy atom. The van der Waals surface area contributed by atoms with E-state index in [0.717, 1.165) is 24.5 Å². The van der Waals surface area contributed by atoms with E-state index in [1.165, 1.54) is 18.2 Å². The first kappa shape index (κ1) is 21.8. The summed E-state index contributed by atoms with van der Waals surface area (Å²) in [6, 6.07) is 8.79. The topological polar surface area (TPSA) is 156 Å². The molecule has 0 aliphatic rings. The van der Waals surface area contributed by atoms with E-state index >= 15 is 0 Å². The Morgan fingerprint density at radius 1 is 1.03 bits per heavy atom. The van der Waals surface area contributed by atoms with Gasteiger partial charge in [0.25, 0.3) is 17.5 Å². The number of nitro groups is 1. The average molecular weight is 421 g/mol. The lowest BCUT2D eigenvalue weighted by atomic mass is 10.2. The lowest BCUT2D eigenvalue weighted by Gasteiger charge is -2.08. The molecule has 0 atom stereocenters. The number of nitrogens with one attached hydrogen (secondary N) is 2. The molecule has 11 heteroatoms. The van der Waals surface area contributed by atoms with E-state index in [4.69, 9.17) is 0 Å². The summed E-state index contributed by atoms with van der Waals surface area (Å²) in [7, 11) is -3.73. The van der Waals surface area contributed by atoms with Gasteiger partial charge in [-0.05, 0) is 30.7 Å². The molecule has 0 saturated heterocycles. The van der Waals surface area contributed by atoms with Crippen LogP contribution in [0.15, 0.2) is 47.4 Å². The van der Waals surface area contributed by atoms with Crippen molar-refractivity contribution in [3.8, 4) is 5.75 Å². The molecule has 2 aromatic rings. The molecule has 154 valence electrons. The fourth-order valence-electron chi connectivity index (χ4n) is 2.38. The molecule has 0 fully saturated rings. The van der Waals surface area contributed by atoms with Crippen LogP contribution in [0, 0.1) is 10.1 Å². The first-order chi connectivity index (χ1) is 13.6. The molecule has 2 rings (SSSR count). The molecule has 0 unspecified atom stereocenters. The van der Waals surface area contributed by atoms with Crippen LogP contribution < -0.4 is 10.6 Å². The van der Waals surface area contributed by atoms with Crippen LogP contribution in [0.2, 0.25) is 0 Å². The molecule has 0 spiro atoms. The van der Waals surface area contributed by atoms with Gasteiger partial charge in [0.05, 0.1) is 9.82 Å². The quantitative estimate of drug-likeness (QED) is 0.329. The Bertz CT molecular complexity index is 1050. The van der Waals surface area contributed by atoms with Gasteiger partial charge in [-0.3, -0.25) is 19.7 Å². The Balaban J connectivity index is 1.91. The predicted octanol–water partition coefficient (Wildman–Crippen LogP) is 1.25. The average Bonchev–Trinajstić information content (AvgIpc) is 2.66. The minimum atomic E-state index is -3.73. The minimum absolute atomic E-state index is 0.0321. The van der Waals surface area contributed by atoms with Gasteiger partial charge in [0.15, 0.2) is 9.84 Å². The van der Waals surface area contributed by atoms with Crippen LogP contribution in [0.4, 0.5) is 5.69 Å². The number of nitrogens with zero attached hydrogens (tertiary/aromatic N) is 1. The van der Waals surface area contributed by atoms with Gasteiger partial charge < -0.3 is 15.7 Å². The number of carbonyl (C=O) groups is 2. The second-order valence-electron chi connectivity index (χ2n) is 6.16. The molecule has 0 bridgehead atoms. The predicted molar refractivity (Wildman–Crippen MR) is 104 cm³/mol. The zero-order chi connectivity index (χ0) is 21.6. The van der Waals surface area contributed by atoms with Gasteiger partial charge in [-0.15, -0.1) is 0 Å². The normalized spacial score (nSPS) is 10.9. The number of hydrogen-bond donors (Lipinski definition) is 3. The van der Waals surface area contributed by atoms with Crippen molar-refractivity contribution >= 4 is 27.3 Å². The van der Waals surface area contributed by atoms with Crippen LogP contribution in [-0.2, 0) is 9.84 Å². The van der Waals surface area contributed by atoms with Gasteiger partial charge in [-0.25, -0.2) is 8.42 Å². The number of benzene rings is 2. The molecule has 0 aliphatic heterocycles.